The van der Waals surface area contributed by atoms with Gasteiger partial charge in [0, 0.05) is 22.8 Å². The Kier molecular flexibility index (Phi) is 5.56. The number of aromatic nitrogens is 1. The zero-order chi connectivity index (χ0) is 14.4. The summed E-state index contributed by atoms with van der Waals surface area (Å²) in [7, 11) is 0. The van der Waals surface area contributed by atoms with Crippen LogP contribution in [0.5, 0.6) is 11.5 Å². The van der Waals surface area contributed by atoms with Gasteiger partial charge in [-0.25, -0.2) is 0 Å². The molecular formula is C16H19BrN2O. The molecule has 0 radical (unpaired) electrons. The van der Waals surface area contributed by atoms with Gasteiger partial charge in [0.1, 0.15) is 11.5 Å². The lowest BCUT2D eigenvalue weighted by molar-refractivity contribution is 0.466. The first-order valence-electron chi connectivity index (χ1n) is 6.72. The van der Waals surface area contributed by atoms with Crippen LogP contribution in [0.1, 0.15) is 19.4 Å². The summed E-state index contributed by atoms with van der Waals surface area (Å²) in [4.78, 5) is 4.14. The van der Waals surface area contributed by atoms with E-state index in [0.717, 1.165) is 34.6 Å². The van der Waals surface area contributed by atoms with Gasteiger partial charge in [0.15, 0.2) is 0 Å². The van der Waals surface area contributed by atoms with Gasteiger partial charge in [0.2, 0.25) is 0 Å². The van der Waals surface area contributed by atoms with Crippen LogP contribution in [0, 0.1) is 5.92 Å². The molecular weight excluding hydrogens is 316 g/mol. The average molecular weight is 335 g/mol. The van der Waals surface area contributed by atoms with E-state index in [1.165, 1.54) is 0 Å². The van der Waals surface area contributed by atoms with E-state index in [-0.39, 0.29) is 0 Å². The minimum absolute atomic E-state index is 0.631. The van der Waals surface area contributed by atoms with Gasteiger partial charge in [-0.05, 0) is 36.7 Å². The van der Waals surface area contributed by atoms with Gasteiger partial charge < -0.3 is 10.1 Å². The van der Waals surface area contributed by atoms with Gasteiger partial charge in [0.05, 0.1) is 6.20 Å². The van der Waals surface area contributed by atoms with E-state index < -0.39 is 0 Å². The predicted octanol–water partition coefficient (Wildman–Crippen LogP) is 4.38. The standard InChI is InChI=1S/C16H19BrN2O/c1-12(2)9-19-10-13-6-7-18-11-16(13)20-15-5-3-4-14(17)8-15/h3-8,11-12,19H,9-10H2,1-2H3. The predicted molar refractivity (Wildman–Crippen MR) is 85.0 cm³/mol. The molecule has 0 spiro atoms. The van der Waals surface area contributed by atoms with Crippen molar-refractivity contribution >= 4 is 15.9 Å². The SMILES string of the molecule is CC(C)CNCc1ccncc1Oc1cccc(Br)c1. The van der Waals surface area contributed by atoms with Crippen LogP contribution >= 0.6 is 15.9 Å². The monoisotopic (exact) mass is 334 g/mol. The van der Waals surface area contributed by atoms with Crippen molar-refractivity contribution in [2.45, 2.75) is 20.4 Å². The molecule has 1 aromatic heterocycles. The molecule has 0 bridgehead atoms. The van der Waals surface area contributed by atoms with E-state index >= 15 is 0 Å². The highest BCUT2D eigenvalue weighted by Crippen LogP contribution is 2.26. The van der Waals surface area contributed by atoms with E-state index in [1.807, 2.05) is 30.3 Å². The molecule has 2 rings (SSSR count). The molecule has 1 N–H and O–H groups in total. The summed E-state index contributed by atoms with van der Waals surface area (Å²) in [6.45, 7) is 6.15. The maximum absolute atomic E-state index is 5.92. The Labute approximate surface area is 128 Å². The largest absolute Gasteiger partial charge is 0.455 e. The molecule has 0 amide bonds. The Balaban J connectivity index is 2.07. The Morgan fingerprint density at radius 3 is 2.90 bits per heavy atom. The van der Waals surface area contributed by atoms with E-state index in [0.29, 0.717) is 5.92 Å². The second-order valence-electron chi connectivity index (χ2n) is 5.07. The zero-order valence-electron chi connectivity index (χ0n) is 11.8. The van der Waals surface area contributed by atoms with E-state index in [2.05, 4.69) is 40.1 Å². The second-order valence-corrected chi connectivity index (χ2v) is 5.98. The van der Waals surface area contributed by atoms with Crippen LogP contribution in [0.25, 0.3) is 0 Å². The molecule has 20 heavy (non-hydrogen) atoms. The molecule has 106 valence electrons. The number of nitrogens with zero attached hydrogens (tertiary/aromatic N) is 1. The first-order chi connectivity index (χ1) is 9.65. The lowest BCUT2D eigenvalue weighted by Crippen LogP contribution is -2.19. The summed E-state index contributed by atoms with van der Waals surface area (Å²) in [6.07, 6.45) is 3.55. The Morgan fingerprint density at radius 2 is 2.15 bits per heavy atom. The summed E-state index contributed by atoms with van der Waals surface area (Å²) < 4.78 is 6.91. The average Bonchev–Trinajstić information content (AvgIpc) is 2.40. The van der Waals surface area contributed by atoms with Crippen LogP contribution in [0.15, 0.2) is 47.2 Å². The number of rotatable bonds is 6. The van der Waals surface area contributed by atoms with Gasteiger partial charge in [-0.2, -0.15) is 0 Å². The Bertz CT molecular complexity index is 558. The van der Waals surface area contributed by atoms with Crippen molar-refractivity contribution in [3.8, 4) is 11.5 Å². The van der Waals surface area contributed by atoms with Crippen molar-refractivity contribution < 1.29 is 4.74 Å². The van der Waals surface area contributed by atoms with Crippen LogP contribution < -0.4 is 10.1 Å². The van der Waals surface area contributed by atoms with Gasteiger partial charge >= 0.3 is 0 Å². The quantitative estimate of drug-likeness (QED) is 0.851. The van der Waals surface area contributed by atoms with Crippen molar-refractivity contribution in [3.63, 3.8) is 0 Å². The molecule has 0 aliphatic heterocycles. The Hall–Kier alpha value is -1.39. The molecule has 0 saturated carbocycles. The third-order valence-electron chi connectivity index (χ3n) is 2.76. The molecule has 2 aromatic rings. The molecule has 1 aromatic carbocycles. The Morgan fingerprint density at radius 1 is 1.30 bits per heavy atom. The zero-order valence-corrected chi connectivity index (χ0v) is 13.4. The van der Waals surface area contributed by atoms with Crippen LogP contribution in [-0.4, -0.2) is 11.5 Å². The first kappa shape index (κ1) is 15.0. The topological polar surface area (TPSA) is 34.2 Å². The molecule has 0 saturated heterocycles. The number of halogens is 1. The fourth-order valence-electron chi connectivity index (χ4n) is 1.80. The fraction of sp³-hybridized carbons (Fsp3) is 0.312. The summed E-state index contributed by atoms with van der Waals surface area (Å²) in [6, 6.07) is 9.79. The van der Waals surface area contributed by atoms with Crippen molar-refractivity contribution in [1.29, 1.82) is 0 Å². The molecule has 0 aliphatic carbocycles. The van der Waals surface area contributed by atoms with Crippen molar-refractivity contribution in [2.24, 2.45) is 5.92 Å². The van der Waals surface area contributed by atoms with Gasteiger partial charge in [-0.3, -0.25) is 4.98 Å². The smallest absolute Gasteiger partial charge is 0.150 e. The van der Waals surface area contributed by atoms with Crippen molar-refractivity contribution in [2.75, 3.05) is 6.54 Å². The summed E-state index contributed by atoms with van der Waals surface area (Å²) in [5.74, 6) is 2.23. The summed E-state index contributed by atoms with van der Waals surface area (Å²) >= 11 is 3.44. The van der Waals surface area contributed by atoms with Gasteiger partial charge in [0.25, 0.3) is 0 Å². The highest BCUT2D eigenvalue weighted by atomic mass is 79.9. The maximum Gasteiger partial charge on any atom is 0.150 e. The lowest BCUT2D eigenvalue weighted by Gasteiger charge is -2.12. The van der Waals surface area contributed by atoms with Gasteiger partial charge in [-0.15, -0.1) is 0 Å². The maximum atomic E-state index is 5.92. The number of benzene rings is 1. The third kappa shape index (κ3) is 4.62. The molecule has 3 nitrogen and oxygen atoms in total. The third-order valence-corrected chi connectivity index (χ3v) is 3.26. The lowest BCUT2D eigenvalue weighted by atomic mass is 10.2. The number of nitrogens with one attached hydrogen (secondary N) is 1. The van der Waals surface area contributed by atoms with Crippen LogP contribution in [0.3, 0.4) is 0 Å². The van der Waals surface area contributed by atoms with E-state index in [1.54, 1.807) is 12.4 Å². The first-order valence-corrected chi connectivity index (χ1v) is 7.51. The van der Waals surface area contributed by atoms with Crippen LogP contribution in [0.4, 0.5) is 0 Å². The molecule has 4 heteroatoms. The second kappa shape index (κ2) is 7.41. The fourth-order valence-corrected chi connectivity index (χ4v) is 2.18. The summed E-state index contributed by atoms with van der Waals surface area (Å²) in [5, 5.41) is 3.42. The molecule has 0 unspecified atom stereocenters. The number of hydrogen-bond acceptors (Lipinski definition) is 3. The van der Waals surface area contributed by atoms with E-state index in [9.17, 15) is 0 Å². The minimum atomic E-state index is 0.631. The van der Waals surface area contributed by atoms with Crippen molar-refractivity contribution in [1.82, 2.24) is 10.3 Å². The number of hydrogen-bond donors (Lipinski definition) is 1. The molecule has 1 heterocycles. The normalized spacial score (nSPS) is 10.8. The summed E-state index contributed by atoms with van der Waals surface area (Å²) in [5.41, 5.74) is 1.11. The molecule has 0 fully saturated rings. The highest BCUT2D eigenvalue weighted by Gasteiger charge is 2.05. The van der Waals surface area contributed by atoms with E-state index in [4.69, 9.17) is 4.74 Å². The van der Waals surface area contributed by atoms with Crippen molar-refractivity contribution in [3.05, 3.63) is 52.8 Å². The highest BCUT2D eigenvalue weighted by molar-refractivity contribution is 9.10. The minimum Gasteiger partial charge on any atom is -0.455 e. The molecule has 0 aliphatic rings. The van der Waals surface area contributed by atoms with Crippen LogP contribution in [-0.2, 0) is 6.54 Å². The van der Waals surface area contributed by atoms with Crippen LogP contribution in [0.2, 0.25) is 0 Å². The molecule has 0 atom stereocenters. The van der Waals surface area contributed by atoms with Gasteiger partial charge in [-0.1, -0.05) is 35.8 Å². The number of ether oxygens (including phenoxy) is 1. The number of pyridine rings is 1.